The van der Waals surface area contributed by atoms with Gasteiger partial charge in [0.25, 0.3) is 5.91 Å². The molecule has 0 saturated heterocycles. The van der Waals surface area contributed by atoms with Crippen molar-refractivity contribution >= 4 is 5.91 Å². The predicted molar refractivity (Wildman–Crippen MR) is 74.5 cm³/mol. The van der Waals surface area contributed by atoms with Crippen molar-refractivity contribution in [2.24, 2.45) is 0 Å². The molecule has 1 heterocycles. The first kappa shape index (κ1) is 15.0. The summed E-state index contributed by atoms with van der Waals surface area (Å²) in [4.78, 5) is 17.7. The summed E-state index contributed by atoms with van der Waals surface area (Å²) in [5.74, 6) is 0.256. The van der Waals surface area contributed by atoms with Gasteiger partial charge in [-0.15, -0.1) is 0 Å². The Hall–Kier alpha value is -2.37. The lowest BCUT2D eigenvalue weighted by molar-refractivity contribution is 0.0749. The van der Waals surface area contributed by atoms with Crippen LogP contribution in [0.2, 0.25) is 0 Å². The molecular weight excluding hydrogens is 275 g/mol. The summed E-state index contributed by atoms with van der Waals surface area (Å²) in [7, 11) is 1.70. The van der Waals surface area contributed by atoms with Gasteiger partial charge in [-0.2, -0.15) is 0 Å². The third-order valence-corrected chi connectivity index (χ3v) is 3.04. The molecular formula is C15H17FN2O3. The van der Waals surface area contributed by atoms with Crippen LogP contribution >= 0.6 is 0 Å². The zero-order valence-corrected chi connectivity index (χ0v) is 12.2. The average molecular weight is 292 g/mol. The zero-order valence-electron chi connectivity index (χ0n) is 12.2. The minimum absolute atomic E-state index is 0.0737. The molecule has 0 aliphatic heterocycles. The molecule has 0 spiro atoms. The van der Waals surface area contributed by atoms with Crippen molar-refractivity contribution < 1.29 is 18.3 Å². The fraction of sp³-hybridized carbons (Fsp3) is 0.333. The van der Waals surface area contributed by atoms with Crippen LogP contribution in [0.15, 0.2) is 34.9 Å². The number of halogens is 1. The maximum absolute atomic E-state index is 12.8. The van der Waals surface area contributed by atoms with Crippen LogP contribution in [0.1, 0.15) is 30.2 Å². The summed E-state index contributed by atoms with van der Waals surface area (Å²) in [5.41, 5.74) is 0.240. The minimum Gasteiger partial charge on any atom is -0.484 e. The molecule has 0 radical (unpaired) electrons. The second-order valence-corrected chi connectivity index (χ2v) is 4.88. The van der Waals surface area contributed by atoms with Gasteiger partial charge in [-0.05, 0) is 38.1 Å². The van der Waals surface area contributed by atoms with E-state index in [0.29, 0.717) is 11.6 Å². The summed E-state index contributed by atoms with van der Waals surface area (Å²) in [6.45, 7) is 3.90. The Morgan fingerprint density at radius 3 is 2.67 bits per heavy atom. The lowest BCUT2D eigenvalue weighted by Gasteiger charge is -2.19. The van der Waals surface area contributed by atoms with Gasteiger partial charge in [0.05, 0.1) is 0 Å². The van der Waals surface area contributed by atoms with Gasteiger partial charge >= 0.3 is 0 Å². The first-order valence-electron chi connectivity index (χ1n) is 6.57. The van der Waals surface area contributed by atoms with Crippen molar-refractivity contribution in [2.45, 2.75) is 26.5 Å². The molecule has 1 aromatic heterocycles. The van der Waals surface area contributed by atoms with Crippen LogP contribution in [-0.2, 0) is 6.61 Å². The van der Waals surface area contributed by atoms with Gasteiger partial charge in [-0.25, -0.2) is 9.37 Å². The fourth-order valence-electron chi connectivity index (χ4n) is 1.57. The van der Waals surface area contributed by atoms with Crippen LogP contribution < -0.4 is 4.74 Å². The van der Waals surface area contributed by atoms with Crippen LogP contribution in [0.5, 0.6) is 5.75 Å². The number of oxazole rings is 1. The fourth-order valence-corrected chi connectivity index (χ4v) is 1.57. The highest BCUT2D eigenvalue weighted by atomic mass is 19.1. The lowest BCUT2D eigenvalue weighted by atomic mass is 10.3. The number of benzene rings is 1. The third-order valence-electron chi connectivity index (χ3n) is 3.04. The minimum atomic E-state index is -0.330. The van der Waals surface area contributed by atoms with E-state index >= 15 is 0 Å². The number of amides is 1. The Bertz CT molecular complexity index is 608. The topological polar surface area (TPSA) is 55.6 Å². The molecule has 5 nitrogen and oxygen atoms in total. The van der Waals surface area contributed by atoms with Crippen molar-refractivity contribution in [3.05, 3.63) is 47.9 Å². The number of hydrogen-bond acceptors (Lipinski definition) is 4. The number of nitrogens with zero attached hydrogens (tertiary/aromatic N) is 2. The monoisotopic (exact) mass is 292 g/mol. The van der Waals surface area contributed by atoms with E-state index in [0.717, 1.165) is 0 Å². The van der Waals surface area contributed by atoms with Crippen LogP contribution in [-0.4, -0.2) is 28.9 Å². The summed E-state index contributed by atoms with van der Waals surface area (Å²) >= 11 is 0. The van der Waals surface area contributed by atoms with E-state index in [-0.39, 0.29) is 30.1 Å². The first-order valence-corrected chi connectivity index (χ1v) is 6.57. The molecule has 0 aliphatic carbocycles. The van der Waals surface area contributed by atoms with Gasteiger partial charge in [-0.1, -0.05) is 0 Å². The van der Waals surface area contributed by atoms with Gasteiger partial charge in [0.1, 0.15) is 17.8 Å². The van der Waals surface area contributed by atoms with E-state index in [2.05, 4.69) is 4.98 Å². The van der Waals surface area contributed by atoms with Crippen molar-refractivity contribution in [3.63, 3.8) is 0 Å². The molecule has 6 heteroatoms. The van der Waals surface area contributed by atoms with E-state index in [1.54, 1.807) is 11.9 Å². The van der Waals surface area contributed by atoms with E-state index in [4.69, 9.17) is 9.15 Å². The maximum atomic E-state index is 12.8. The van der Waals surface area contributed by atoms with E-state index in [1.807, 2.05) is 13.8 Å². The number of carbonyl (C=O) groups excluding carboxylic acids is 1. The second kappa shape index (κ2) is 6.39. The van der Waals surface area contributed by atoms with Crippen molar-refractivity contribution in [1.29, 1.82) is 0 Å². The van der Waals surface area contributed by atoms with E-state index in [9.17, 15) is 9.18 Å². The zero-order chi connectivity index (χ0) is 15.4. The van der Waals surface area contributed by atoms with Gasteiger partial charge in [0.15, 0.2) is 12.3 Å². The molecule has 0 aliphatic rings. The number of ether oxygens (including phenoxy) is 1. The van der Waals surface area contributed by atoms with Crippen LogP contribution in [0.3, 0.4) is 0 Å². The van der Waals surface area contributed by atoms with Gasteiger partial charge in [-0.3, -0.25) is 4.79 Å². The molecule has 21 heavy (non-hydrogen) atoms. The molecule has 0 atom stereocenters. The Labute approximate surface area is 122 Å². The van der Waals surface area contributed by atoms with E-state index < -0.39 is 0 Å². The normalized spacial score (nSPS) is 10.7. The Morgan fingerprint density at radius 1 is 1.38 bits per heavy atom. The molecule has 1 amide bonds. The van der Waals surface area contributed by atoms with Gasteiger partial charge in [0.2, 0.25) is 5.89 Å². The second-order valence-electron chi connectivity index (χ2n) is 4.88. The Kier molecular flexibility index (Phi) is 4.57. The molecule has 0 N–H and O–H groups in total. The Morgan fingerprint density at radius 2 is 2.05 bits per heavy atom. The molecule has 0 unspecified atom stereocenters. The average Bonchev–Trinajstić information content (AvgIpc) is 2.94. The highest BCUT2D eigenvalue weighted by Gasteiger charge is 2.18. The third kappa shape index (κ3) is 3.81. The SMILES string of the molecule is CC(C)N(C)C(=O)c1coc(COc2ccc(F)cc2)n1. The number of rotatable bonds is 5. The van der Waals surface area contributed by atoms with Gasteiger partial charge < -0.3 is 14.1 Å². The van der Waals surface area contributed by atoms with Crippen LogP contribution in [0.4, 0.5) is 4.39 Å². The predicted octanol–water partition coefficient (Wildman–Crippen LogP) is 2.87. The quantitative estimate of drug-likeness (QED) is 0.850. The van der Waals surface area contributed by atoms with Crippen LogP contribution in [0, 0.1) is 5.82 Å². The molecule has 1 aromatic carbocycles. The summed E-state index contributed by atoms with van der Waals surface area (Å²) < 4.78 is 23.4. The lowest BCUT2D eigenvalue weighted by Crippen LogP contribution is -2.33. The standard InChI is InChI=1S/C15H17FN2O3/c1-10(2)18(3)15(19)13-8-21-14(17-13)9-20-12-6-4-11(16)5-7-12/h4-8,10H,9H2,1-3H3. The molecule has 2 aromatic rings. The van der Waals surface area contributed by atoms with Crippen molar-refractivity contribution in [2.75, 3.05) is 7.05 Å². The highest BCUT2D eigenvalue weighted by Crippen LogP contribution is 2.14. The maximum Gasteiger partial charge on any atom is 0.275 e. The largest absolute Gasteiger partial charge is 0.484 e. The van der Waals surface area contributed by atoms with Crippen LogP contribution in [0.25, 0.3) is 0 Å². The molecule has 2 rings (SSSR count). The Balaban J connectivity index is 1.97. The van der Waals surface area contributed by atoms with Gasteiger partial charge in [0, 0.05) is 13.1 Å². The molecule has 112 valence electrons. The highest BCUT2D eigenvalue weighted by molar-refractivity contribution is 5.91. The molecule has 0 fully saturated rings. The van der Waals surface area contributed by atoms with Crippen molar-refractivity contribution in [1.82, 2.24) is 9.88 Å². The summed E-state index contributed by atoms with van der Waals surface area (Å²) in [5, 5.41) is 0. The first-order chi connectivity index (χ1) is 9.97. The van der Waals surface area contributed by atoms with Crippen molar-refractivity contribution in [3.8, 4) is 5.75 Å². The molecule has 0 bridgehead atoms. The van der Waals surface area contributed by atoms with E-state index in [1.165, 1.54) is 30.5 Å². The summed E-state index contributed by atoms with van der Waals surface area (Å²) in [6.07, 6.45) is 1.31. The smallest absolute Gasteiger partial charge is 0.275 e. The molecule has 0 saturated carbocycles. The summed E-state index contributed by atoms with van der Waals surface area (Å²) in [6, 6.07) is 5.70. The number of carbonyl (C=O) groups is 1. The number of hydrogen-bond donors (Lipinski definition) is 0. The number of aromatic nitrogens is 1.